The van der Waals surface area contributed by atoms with Crippen LogP contribution in [0.3, 0.4) is 0 Å². The number of hydrogen-bond donors (Lipinski definition) is 0. The van der Waals surface area contributed by atoms with E-state index >= 15 is 0 Å². The van der Waals surface area contributed by atoms with Gasteiger partial charge in [0.15, 0.2) is 0 Å². The first-order chi connectivity index (χ1) is 37.7. The second kappa shape index (κ2) is 17.1. The normalized spacial score (nSPS) is 12.7. The van der Waals surface area contributed by atoms with Crippen molar-refractivity contribution in [2.75, 3.05) is 0 Å². The van der Waals surface area contributed by atoms with Gasteiger partial charge in [-0.3, -0.25) is 0 Å². The van der Waals surface area contributed by atoms with Gasteiger partial charge in [-0.05, 0) is 0 Å². The summed E-state index contributed by atoms with van der Waals surface area (Å²) >= 11 is -2.29. The zero-order valence-electron chi connectivity index (χ0n) is 40.9. The van der Waals surface area contributed by atoms with Crippen molar-refractivity contribution in [3.05, 3.63) is 272 Å². The summed E-state index contributed by atoms with van der Waals surface area (Å²) < 4.78 is 11.4. The molecule has 0 fully saturated rings. The first-order valence-corrected chi connectivity index (χ1v) is 28.9. The molecule has 0 bridgehead atoms. The van der Waals surface area contributed by atoms with E-state index < -0.39 is 19.8 Å². The standard InChI is InChI=1S/C69H43IN6/c1-2-20-44(21-3-1)67-71-68(45-38-47(70-59-30-12-4-22-51(59)52-23-5-13-31-60(52)70)42-48(39-45)74-61-32-14-6-24-53(61)54-25-7-15-33-62(54)74)73-69(72-67)46-40-49(75-63-34-16-8-26-55(63)56-27-9-17-35-64(56)75)43-50(41-46)76-65-36-18-10-28-57(65)58-29-11-19-37-66(58)76/h1-43H. The molecule has 6 nitrogen and oxygen atoms in total. The van der Waals surface area contributed by atoms with Gasteiger partial charge in [0.1, 0.15) is 0 Å². The van der Waals surface area contributed by atoms with E-state index in [0.29, 0.717) is 17.5 Å². The molecule has 16 rings (SSSR count). The van der Waals surface area contributed by atoms with Crippen molar-refractivity contribution < 1.29 is 0 Å². The topological polar surface area (TPSA) is 53.5 Å². The zero-order valence-corrected chi connectivity index (χ0v) is 43.0. The molecule has 356 valence electrons. The number of nitrogens with zero attached hydrogens (tertiary/aromatic N) is 6. The zero-order chi connectivity index (χ0) is 49.8. The average molecular weight is 1080 g/mol. The van der Waals surface area contributed by atoms with Gasteiger partial charge in [0.2, 0.25) is 0 Å². The monoisotopic (exact) mass is 1080 g/mol. The second-order valence-electron chi connectivity index (χ2n) is 19.5. The summed E-state index contributed by atoms with van der Waals surface area (Å²) in [5.74, 6) is 1.82. The van der Waals surface area contributed by atoms with Crippen molar-refractivity contribution in [2.45, 2.75) is 0 Å². The third kappa shape index (κ3) is 6.62. The van der Waals surface area contributed by atoms with Crippen molar-refractivity contribution >= 4 is 85.2 Å². The molecule has 0 atom stereocenters. The summed E-state index contributed by atoms with van der Waals surface area (Å²) in [5.41, 5.74) is 15.3. The van der Waals surface area contributed by atoms with Gasteiger partial charge in [0.05, 0.1) is 0 Å². The van der Waals surface area contributed by atoms with Crippen LogP contribution in [0.15, 0.2) is 261 Å². The number of benzene rings is 11. The molecule has 0 radical (unpaired) electrons. The summed E-state index contributed by atoms with van der Waals surface area (Å²) in [4.78, 5) is 16.6. The molecular formula is C69H43IN6. The van der Waals surface area contributed by atoms with Crippen molar-refractivity contribution in [3.63, 3.8) is 0 Å². The number of aromatic nitrogens is 6. The van der Waals surface area contributed by atoms with E-state index in [1.165, 1.54) is 54.2 Å². The van der Waals surface area contributed by atoms with Gasteiger partial charge < -0.3 is 0 Å². The number of halogens is 1. The molecule has 76 heavy (non-hydrogen) atoms. The molecular weight excluding hydrogens is 1040 g/mol. The van der Waals surface area contributed by atoms with E-state index in [1.807, 2.05) is 6.07 Å². The van der Waals surface area contributed by atoms with E-state index in [0.717, 1.165) is 66.9 Å². The maximum absolute atomic E-state index is 5.66. The molecule has 1 aliphatic heterocycles. The van der Waals surface area contributed by atoms with Gasteiger partial charge in [0.25, 0.3) is 0 Å². The Balaban J connectivity index is 0.991. The van der Waals surface area contributed by atoms with Crippen LogP contribution in [-0.4, -0.2) is 28.7 Å². The Kier molecular flexibility index (Phi) is 9.65. The Bertz CT molecular complexity index is 4510. The Morgan fingerprint density at radius 3 is 0.947 bits per heavy atom. The molecule has 0 aliphatic carbocycles. The third-order valence-corrected chi connectivity index (χ3v) is 21.2. The predicted octanol–water partition coefficient (Wildman–Crippen LogP) is 17.6. The van der Waals surface area contributed by atoms with Crippen LogP contribution in [0, 0.1) is 10.7 Å². The maximum atomic E-state index is 5.66. The molecule has 5 heterocycles. The minimum absolute atomic E-state index is 0.590. The van der Waals surface area contributed by atoms with Crippen molar-refractivity contribution in [2.24, 2.45) is 0 Å². The van der Waals surface area contributed by atoms with Crippen LogP contribution >= 0.6 is 19.8 Å². The van der Waals surface area contributed by atoms with Gasteiger partial charge in [0, 0.05) is 0 Å². The van der Waals surface area contributed by atoms with Crippen LogP contribution in [-0.2, 0) is 0 Å². The molecule has 15 aromatic rings. The Labute approximate surface area is 444 Å². The second-order valence-corrected chi connectivity index (χ2v) is 24.6. The van der Waals surface area contributed by atoms with Gasteiger partial charge in [-0.1, -0.05) is 72.8 Å². The molecule has 4 aromatic heterocycles. The van der Waals surface area contributed by atoms with Crippen LogP contribution < -0.4 is 0 Å². The minimum atomic E-state index is -2.29. The first-order valence-electron chi connectivity index (χ1n) is 25.7. The average Bonchev–Trinajstić information content (AvgIpc) is 4.28. The van der Waals surface area contributed by atoms with E-state index in [9.17, 15) is 0 Å². The molecule has 1 aliphatic rings. The van der Waals surface area contributed by atoms with Crippen molar-refractivity contribution in [1.29, 1.82) is 0 Å². The summed E-state index contributed by atoms with van der Waals surface area (Å²) in [6, 6.07) is 94.9. The van der Waals surface area contributed by atoms with E-state index in [-0.39, 0.29) is 0 Å². The Morgan fingerprint density at radius 2 is 0.553 bits per heavy atom. The summed E-state index contributed by atoms with van der Waals surface area (Å²) in [6.45, 7) is 0. The molecule has 0 N–H and O–H groups in total. The molecule has 0 saturated heterocycles. The number of fused-ring (bicyclic) bond motifs is 12. The van der Waals surface area contributed by atoms with E-state index in [2.05, 4.69) is 268 Å². The molecule has 0 saturated carbocycles. The van der Waals surface area contributed by atoms with E-state index in [1.54, 1.807) is 0 Å². The van der Waals surface area contributed by atoms with Gasteiger partial charge >= 0.3 is 375 Å². The quantitative estimate of drug-likeness (QED) is 0.149. The van der Waals surface area contributed by atoms with Crippen LogP contribution in [0.5, 0.6) is 0 Å². The molecule has 0 unspecified atom stereocenters. The molecule has 0 spiro atoms. The summed E-state index contributed by atoms with van der Waals surface area (Å²) in [7, 11) is 0. The Morgan fingerprint density at radius 1 is 0.250 bits per heavy atom. The van der Waals surface area contributed by atoms with Crippen LogP contribution in [0.1, 0.15) is 0 Å². The van der Waals surface area contributed by atoms with Crippen molar-refractivity contribution in [1.82, 2.24) is 28.7 Å². The predicted molar refractivity (Wildman–Crippen MR) is 321 cm³/mol. The third-order valence-electron chi connectivity index (χ3n) is 15.1. The number of para-hydroxylation sites is 6. The fourth-order valence-corrected chi connectivity index (χ4v) is 18.4. The number of rotatable bonds is 7. The van der Waals surface area contributed by atoms with Gasteiger partial charge in [-0.2, -0.15) is 0 Å². The van der Waals surface area contributed by atoms with Gasteiger partial charge in [-0.15, -0.1) is 0 Å². The fourth-order valence-electron chi connectivity index (χ4n) is 11.9. The van der Waals surface area contributed by atoms with E-state index in [4.69, 9.17) is 15.0 Å². The molecule has 7 heteroatoms. The van der Waals surface area contributed by atoms with Crippen molar-refractivity contribution in [3.8, 4) is 62.4 Å². The first kappa shape index (κ1) is 43.0. The van der Waals surface area contributed by atoms with Gasteiger partial charge in [-0.25, -0.2) is 0 Å². The molecule has 0 amide bonds. The summed E-state index contributed by atoms with van der Waals surface area (Å²) in [6.07, 6.45) is 0. The van der Waals surface area contributed by atoms with Crippen LogP contribution in [0.25, 0.3) is 128 Å². The van der Waals surface area contributed by atoms with Crippen LogP contribution in [0.4, 0.5) is 0 Å². The Hall–Kier alpha value is -9.44. The SMILES string of the molecule is c1ccc(-c2nc(-c3cc(-n4c5ccccc5c5ccccc54)cc(-n4c5ccccc5c5ccccc54)c3)nc(-c3cc(-n4c5ccccc5c5ccccc54)cc(I4c5ccccc5-c5ccccc54)c3)n2)cc1. The van der Waals surface area contributed by atoms with Crippen LogP contribution in [0.2, 0.25) is 0 Å². The fraction of sp³-hybridized carbons (Fsp3) is 0. The summed E-state index contributed by atoms with van der Waals surface area (Å²) in [5, 5.41) is 7.24. The number of hydrogen-bond acceptors (Lipinski definition) is 3. The molecule has 11 aromatic carbocycles.